The Morgan fingerprint density at radius 1 is 1.28 bits per heavy atom. The Hall–Kier alpha value is -2.04. The van der Waals surface area contributed by atoms with Gasteiger partial charge in [-0.25, -0.2) is 0 Å². The Kier molecular flexibility index (Phi) is 3.50. The molecule has 96 valence electrons. The van der Waals surface area contributed by atoms with Crippen LogP contribution < -0.4 is 9.64 Å². The third-order valence-electron chi connectivity index (χ3n) is 3.04. The van der Waals surface area contributed by atoms with Crippen molar-refractivity contribution in [2.24, 2.45) is 5.92 Å². The first-order valence-corrected chi connectivity index (χ1v) is 5.68. The minimum atomic E-state index is -0.371. The zero-order valence-corrected chi connectivity index (χ0v) is 10.4. The molecular weight excluding hydrogens is 234 g/mol. The fourth-order valence-electron chi connectivity index (χ4n) is 2.04. The molecule has 1 atom stereocenters. The van der Waals surface area contributed by atoms with Crippen LogP contribution in [0.3, 0.4) is 0 Å². The van der Waals surface area contributed by atoms with Crippen molar-refractivity contribution in [1.29, 1.82) is 0 Å². The summed E-state index contributed by atoms with van der Waals surface area (Å²) in [7, 11) is 2.92. The summed E-state index contributed by atoms with van der Waals surface area (Å²) in [5, 5.41) is 0. The van der Waals surface area contributed by atoms with Gasteiger partial charge in [0, 0.05) is 18.7 Å². The van der Waals surface area contributed by atoms with Gasteiger partial charge >= 0.3 is 5.97 Å². The van der Waals surface area contributed by atoms with Crippen molar-refractivity contribution in [3.05, 3.63) is 24.3 Å². The van der Waals surface area contributed by atoms with Gasteiger partial charge in [-0.3, -0.25) is 9.59 Å². The number of carbonyl (C=O) groups excluding carboxylic acids is 2. The minimum absolute atomic E-state index is 0.0597. The number of amides is 1. The fraction of sp³-hybridized carbons (Fsp3) is 0.385. The van der Waals surface area contributed by atoms with Crippen LogP contribution in [0.25, 0.3) is 0 Å². The third-order valence-corrected chi connectivity index (χ3v) is 3.04. The van der Waals surface area contributed by atoms with Gasteiger partial charge in [-0.05, 0) is 24.3 Å². The van der Waals surface area contributed by atoms with Gasteiger partial charge in [-0.15, -0.1) is 0 Å². The van der Waals surface area contributed by atoms with Crippen molar-refractivity contribution in [2.45, 2.75) is 6.42 Å². The van der Waals surface area contributed by atoms with Crippen LogP contribution in [0.15, 0.2) is 24.3 Å². The molecule has 1 aromatic rings. The fourth-order valence-corrected chi connectivity index (χ4v) is 2.04. The summed E-state index contributed by atoms with van der Waals surface area (Å²) in [6.07, 6.45) is 0.207. The maximum Gasteiger partial charge on any atom is 0.311 e. The second kappa shape index (κ2) is 5.08. The summed E-state index contributed by atoms with van der Waals surface area (Å²) in [6.45, 7) is 0.373. The van der Waals surface area contributed by atoms with Crippen molar-refractivity contribution in [3.63, 3.8) is 0 Å². The highest BCUT2D eigenvalue weighted by Gasteiger charge is 2.35. The summed E-state index contributed by atoms with van der Waals surface area (Å²) in [4.78, 5) is 24.9. The summed E-state index contributed by atoms with van der Waals surface area (Å²) in [5.74, 6) is -0.0329. The SMILES string of the molecule is COC(=O)[C@@H]1CC(=O)N(c2ccc(OC)cc2)C1. The highest BCUT2D eigenvalue weighted by Crippen LogP contribution is 2.27. The van der Waals surface area contributed by atoms with Gasteiger partial charge in [-0.1, -0.05) is 0 Å². The van der Waals surface area contributed by atoms with Gasteiger partial charge < -0.3 is 14.4 Å². The Balaban J connectivity index is 2.13. The van der Waals surface area contributed by atoms with E-state index in [0.717, 1.165) is 11.4 Å². The summed E-state index contributed by atoms with van der Waals surface area (Å²) < 4.78 is 9.72. The van der Waals surface area contributed by atoms with E-state index in [-0.39, 0.29) is 24.2 Å². The lowest BCUT2D eigenvalue weighted by molar-refractivity contribution is -0.145. The van der Waals surface area contributed by atoms with Crippen LogP contribution in [-0.2, 0) is 14.3 Å². The standard InChI is InChI=1S/C13H15NO4/c1-17-11-5-3-10(4-6-11)14-8-9(7-12(14)15)13(16)18-2/h3-6,9H,7-8H2,1-2H3/t9-/m1/s1. The molecule has 1 aliphatic heterocycles. The topological polar surface area (TPSA) is 55.8 Å². The van der Waals surface area contributed by atoms with E-state index in [9.17, 15) is 9.59 Å². The predicted octanol–water partition coefficient (Wildman–Crippen LogP) is 1.22. The number of rotatable bonds is 3. The molecule has 5 heteroatoms. The van der Waals surface area contributed by atoms with E-state index in [2.05, 4.69) is 4.74 Å². The molecule has 1 heterocycles. The maximum atomic E-state index is 11.8. The van der Waals surface area contributed by atoms with Gasteiger partial charge in [0.05, 0.1) is 20.1 Å². The first-order valence-electron chi connectivity index (χ1n) is 5.68. The quantitative estimate of drug-likeness (QED) is 0.756. The van der Waals surface area contributed by atoms with Gasteiger partial charge in [0.2, 0.25) is 5.91 Å². The first kappa shape index (κ1) is 12.4. The number of benzene rings is 1. The molecule has 1 aliphatic rings. The van der Waals surface area contributed by atoms with Crippen molar-refractivity contribution in [3.8, 4) is 5.75 Å². The molecule has 1 aromatic carbocycles. The molecular formula is C13H15NO4. The highest BCUT2D eigenvalue weighted by molar-refractivity contribution is 5.99. The first-order chi connectivity index (χ1) is 8.65. The van der Waals surface area contributed by atoms with Crippen LogP contribution >= 0.6 is 0 Å². The number of methoxy groups -OCH3 is 2. The molecule has 0 unspecified atom stereocenters. The minimum Gasteiger partial charge on any atom is -0.497 e. The van der Waals surface area contributed by atoms with Gasteiger partial charge in [0.25, 0.3) is 0 Å². The maximum absolute atomic E-state index is 11.8. The van der Waals surface area contributed by atoms with E-state index in [0.29, 0.717) is 6.54 Å². The van der Waals surface area contributed by atoms with Crippen LogP contribution in [0.1, 0.15) is 6.42 Å². The molecule has 0 bridgehead atoms. The zero-order valence-electron chi connectivity index (χ0n) is 10.4. The summed E-state index contributed by atoms with van der Waals surface area (Å²) in [6, 6.07) is 7.18. The summed E-state index contributed by atoms with van der Waals surface area (Å²) >= 11 is 0. The second-order valence-corrected chi connectivity index (χ2v) is 4.13. The lowest BCUT2D eigenvalue weighted by atomic mass is 10.1. The largest absolute Gasteiger partial charge is 0.497 e. The van der Waals surface area contributed by atoms with E-state index >= 15 is 0 Å². The molecule has 5 nitrogen and oxygen atoms in total. The van der Waals surface area contributed by atoms with Crippen LogP contribution in [-0.4, -0.2) is 32.6 Å². The molecule has 0 spiro atoms. The predicted molar refractivity (Wildman–Crippen MR) is 65.5 cm³/mol. The third kappa shape index (κ3) is 2.30. The van der Waals surface area contributed by atoms with Crippen molar-refractivity contribution in [1.82, 2.24) is 0 Å². The molecule has 0 aromatic heterocycles. The van der Waals surface area contributed by atoms with Crippen molar-refractivity contribution in [2.75, 3.05) is 25.7 Å². The van der Waals surface area contributed by atoms with Gasteiger partial charge in [0.15, 0.2) is 0 Å². The van der Waals surface area contributed by atoms with E-state index < -0.39 is 0 Å². The van der Waals surface area contributed by atoms with E-state index in [1.807, 2.05) is 0 Å². The van der Waals surface area contributed by atoms with E-state index in [1.165, 1.54) is 7.11 Å². The smallest absolute Gasteiger partial charge is 0.311 e. The molecule has 0 radical (unpaired) electrons. The van der Waals surface area contributed by atoms with E-state index in [1.54, 1.807) is 36.3 Å². The molecule has 0 aliphatic carbocycles. The van der Waals surface area contributed by atoms with Crippen molar-refractivity contribution >= 4 is 17.6 Å². The molecule has 0 N–H and O–H groups in total. The number of ether oxygens (including phenoxy) is 2. The van der Waals surface area contributed by atoms with Gasteiger partial charge in [-0.2, -0.15) is 0 Å². The lowest BCUT2D eigenvalue weighted by Crippen LogP contribution is -2.26. The van der Waals surface area contributed by atoms with Crippen LogP contribution in [0.5, 0.6) is 5.75 Å². The molecule has 2 rings (SSSR count). The lowest BCUT2D eigenvalue weighted by Gasteiger charge is -2.16. The summed E-state index contributed by atoms with van der Waals surface area (Å²) in [5.41, 5.74) is 0.771. The number of hydrogen-bond donors (Lipinski definition) is 0. The highest BCUT2D eigenvalue weighted by atomic mass is 16.5. The monoisotopic (exact) mass is 249 g/mol. The molecule has 0 saturated carbocycles. The van der Waals surface area contributed by atoms with Crippen LogP contribution in [0, 0.1) is 5.92 Å². The second-order valence-electron chi connectivity index (χ2n) is 4.13. The van der Waals surface area contributed by atoms with Crippen LogP contribution in [0.2, 0.25) is 0 Å². The number of anilines is 1. The Morgan fingerprint density at radius 2 is 1.94 bits per heavy atom. The number of nitrogens with zero attached hydrogens (tertiary/aromatic N) is 1. The Morgan fingerprint density at radius 3 is 2.50 bits per heavy atom. The average Bonchev–Trinajstić information content (AvgIpc) is 2.80. The molecule has 1 fully saturated rings. The molecule has 1 amide bonds. The normalized spacial score (nSPS) is 18.9. The number of esters is 1. The molecule has 18 heavy (non-hydrogen) atoms. The Bertz CT molecular complexity index is 455. The average molecular weight is 249 g/mol. The van der Waals surface area contributed by atoms with Gasteiger partial charge in [0.1, 0.15) is 5.75 Å². The number of hydrogen-bond acceptors (Lipinski definition) is 4. The van der Waals surface area contributed by atoms with E-state index in [4.69, 9.17) is 4.74 Å². The zero-order chi connectivity index (χ0) is 13.1. The number of carbonyl (C=O) groups is 2. The van der Waals surface area contributed by atoms with Crippen molar-refractivity contribution < 1.29 is 19.1 Å². The van der Waals surface area contributed by atoms with Crippen LogP contribution in [0.4, 0.5) is 5.69 Å². The Labute approximate surface area is 105 Å². The molecule has 1 saturated heterocycles.